The first-order valence-electron chi connectivity index (χ1n) is 8.74. The van der Waals surface area contributed by atoms with Crippen molar-refractivity contribution in [2.75, 3.05) is 11.9 Å². The summed E-state index contributed by atoms with van der Waals surface area (Å²) in [7, 11) is 0. The van der Waals surface area contributed by atoms with Gasteiger partial charge in [-0.25, -0.2) is 0 Å². The molecule has 138 valence electrons. The molecular weight excluding hydrogens is 326 g/mol. The summed E-state index contributed by atoms with van der Waals surface area (Å²) in [5.74, 6) is -0.776. The Hall–Kier alpha value is -2.62. The molecular formula is C22H27NO3. The summed E-state index contributed by atoms with van der Waals surface area (Å²) in [4.78, 5) is 24.7. The lowest BCUT2D eigenvalue weighted by atomic mass is 9.85. The molecule has 4 nitrogen and oxygen atoms in total. The van der Waals surface area contributed by atoms with Gasteiger partial charge in [0.05, 0.1) is 5.41 Å². The maximum Gasteiger partial charge on any atom is 0.316 e. The summed E-state index contributed by atoms with van der Waals surface area (Å²) < 4.78 is 5.27. The zero-order chi connectivity index (χ0) is 19.4. The Balaban J connectivity index is 2.01. The van der Waals surface area contributed by atoms with Crippen molar-refractivity contribution < 1.29 is 14.3 Å². The quantitative estimate of drug-likeness (QED) is 0.808. The predicted molar refractivity (Wildman–Crippen MR) is 104 cm³/mol. The first-order chi connectivity index (χ1) is 12.1. The second kappa shape index (κ2) is 7.73. The van der Waals surface area contributed by atoms with E-state index >= 15 is 0 Å². The number of ether oxygens (including phenoxy) is 1. The predicted octanol–water partition coefficient (Wildman–Crippen LogP) is 4.44. The van der Waals surface area contributed by atoms with Crippen LogP contribution >= 0.6 is 0 Å². The van der Waals surface area contributed by atoms with Crippen LogP contribution in [0.1, 0.15) is 45.7 Å². The molecule has 4 heteroatoms. The molecule has 1 N–H and O–H groups in total. The van der Waals surface area contributed by atoms with E-state index in [0.717, 1.165) is 16.8 Å². The highest BCUT2D eigenvalue weighted by Crippen LogP contribution is 2.29. The number of hydrogen-bond donors (Lipinski definition) is 1. The van der Waals surface area contributed by atoms with Crippen molar-refractivity contribution in [1.29, 1.82) is 0 Å². The third-order valence-corrected chi connectivity index (χ3v) is 4.35. The largest absolute Gasteiger partial charge is 0.455 e. The molecule has 1 amide bonds. The Morgan fingerprint density at radius 1 is 0.885 bits per heavy atom. The SMILES string of the molecule is CC(C)(C)c1ccccc1NC(=O)COC(=O)C(C)(C)c1ccccc1. The molecule has 0 atom stereocenters. The number of benzene rings is 2. The van der Waals surface area contributed by atoms with Crippen molar-refractivity contribution in [2.45, 2.75) is 45.4 Å². The first-order valence-corrected chi connectivity index (χ1v) is 8.74. The highest BCUT2D eigenvalue weighted by atomic mass is 16.5. The highest BCUT2D eigenvalue weighted by molar-refractivity contribution is 5.94. The molecule has 0 radical (unpaired) electrons. The van der Waals surface area contributed by atoms with Gasteiger partial charge in [-0.05, 0) is 36.5 Å². The molecule has 0 heterocycles. The van der Waals surface area contributed by atoms with Crippen LogP contribution < -0.4 is 5.32 Å². The lowest BCUT2D eigenvalue weighted by Crippen LogP contribution is -2.33. The molecule has 2 aromatic carbocycles. The number of amides is 1. The average Bonchev–Trinajstić information content (AvgIpc) is 2.60. The summed E-state index contributed by atoms with van der Waals surface area (Å²) in [5.41, 5.74) is 1.71. The fourth-order valence-electron chi connectivity index (χ4n) is 2.72. The highest BCUT2D eigenvalue weighted by Gasteiger charge is 2.31. The molecule has 2 rings (SSSR count). The van der Waals surface area contributed by atoms with E-state index < -0.39 is 11.4 Å². The number of rotatable bonds is 5. The Morgan fingerprint density at radius 3 is 2.08 bits per heavy atom. The molecule has 0 aromatic heterocycles. The normalized spacial score (nSPS) is 11.7. The summed E-state index contributed by atoms with van der Waals surface area (Å²) in [6, 6.07) is 17.1. The number of anilines is 1. The van der Waals surface area contributed by atoms with Crippen LogP contribution in [0.4, 0.5) is 5.69 Å². The molecule has 0 aliphatic rings. The van der Waals surface area contributed by atoms with Crippen LogP contribution in [0.2, 0.25) is 0 Å². The van der Waals surface area contributed by atoms with Crippen LogP contribution in [0.3, 0.4) is 0 Å². The van der Waals surface area contributed by atoms with Crippen molar-refractivity contribution in [1.82, 2.24) is 0 Å². The molecule has 0 aliphatic carbocycles. The average molecular weight is 353 g/mol. The van der Waals surface area contributed by atoms with E-state index in [4.69, 9.17) is 4.74 Å². The molecule has 0 saturated carbocycles. The minimum atomic E-state index is -0.815. The van der Waals surface area contributed by atoms with Gasteiger partial charge >= 0.3 is 5.97 Å². The molecule has 0 spiro atoms. The van der Waals surface area contributed by atoms with Crippen molar-refractivity contribution in [3.8, 4) is 0 Å². The summed E-state index contributed by atoms with van der Waals surface area (Å²) >= 11 is 0. The first kappa shape index (κ1) is 19.7. The van der Waals surface area contributed by atoms with Gasteiger partial charge in [0, 0.05) is 5.69 Å². The molecule has 2 aromatic rings. The summed E-state index contributed by atoms with van der Waals surface area (Å²) in [6.45, 7) is 9.52. The van der Waals surface area contributed by atoms with Gasteiger partial charge in [0.1, 0.15) is 0 Å². The van der Waals surface area contributed by atoms with E-state index in [1.165, 1.54) is 0 Å². The molecule has 0 aliphatic heterocycles. The van der Waals surface area contributed by atoms with Gasteiger partial charge in [-0.15, -0.1) is 0 Å². The molecule has 26 heavy (non-hydrogen) atoms. The van der Waals surface area contributed by atoms with E-state index in [1.54, 1.807) is 13.8 Å². The standard InChI is InChI=1S/C22H27NO3/c1-21(2,3)17-13-9-10-14-18(17)23-19(24)15-26-20(25)22(4,5)16-11-7-6-8-12-16/h6-14H,15H2,1-5H3,(H,23,24). The van der Waals surface area contributed by atoms with Crippen LogP contribution in [0.25, 0.3) is 0 Å². The number of hydrogen-bond acceptors (Lipinski definition) is 3. The third kappa shape index (κ3) is 4.72. The second-order valence-electron chi connectivity index (χ2n) is 7.91. The smallest absolute Gasteiger partial charge is 0.316 e. The van der Waals surface area contributed by atoms with Crippen LogP contribution in [0, 0.1) is 0 Å². The zero-order valence-corrected chi connectivity index (χ0v) is 16.1. The Bertz CT molecular complexity index is 773. The van der Waals surface area contributed by atoms with Gasteiger partial charge in [0.15, 0.2) is 6.61 Å². The molecule has 0 unspecified atom stereocenters. The van der Waals surface area contributed by atoms with Crippen LogP contribution in [0.15, 0.2) is 54.6 Å². The van der Waals surface area contributed by atoms with Crippen LogP contribution in [0.5, 0.6) is 0 Å². The van der Waals surface area contributed by atoms with E-state index in [2.05, 4.69) is 26.1 Å². The van der Waals surface area contributed by atoms with Gasteiger partial charge < -0.3 is 10.1 Å². The van der Waals surface area contributed by atoms with Crippen LogP contribution in [-0.4, -0.2) is 18.5 Å². The number of esters is 1. The fraction of sp³-hybridized carbons (Fsp3) is 0.364. The van der Waals surface area contributed by atoms with E-state index in [1.807, 2.05) is 54.6 Å². The van der Waals surface area contributed by atoms with E-state index in [0.29, 0.717) is 0 Å². The van der Waals surface area contributed by atoms with Crippen molar-refractivity contribution in [2.24, 2.45) is 0 Å². The minimum absolute atomic E-state index is 0.101. The second-order valence-corrected chi connectivity index (χ2v) is 7.91. The molecule has 0 saturated heterocycles. The lowest BCUT2D eigenvalue weighted by Gasteiger charge is -2.24. The molecule has 0 bridgehead atoms. The maximum atomic E-state index is 12.4. The van der Waals surface area contributed by atoms with Gasteiger partial charge in [-0.1, -0.05) is 69.3 Å². The Kier molecular flexibility index (Phi) is 5.86. The van der Waals surface area contributed by atoms with Crippen LogP contribution in [-0.2, 0) is 25.2 Å². The van der Waals surface area contributed by atoms with E-state index in [9.17, 15) is 9.59 Å². The van der Waals surface area contributed by atoms with Crippen molar-refractivity contribution in [3.63, 3.8) is 0 Å². The Labute approximate surface area is 155 Å². The number of nitrogens with one attached hydrogen (secondary N) is 1. The summed E-state index contributed by atoms with van der Waals surface area (Å²) in [6.07, 6.45) is 0. The van der Waals surface area contributed by atoms with Gasteiger partial charge in [0.2, 0.25) is 0 Å². The number of carbonyl (C=O) groups excluding carboxylic acids is 2. The topological polar surface area (TPSA) is 55.4 Å². The zero-order valence-electron chi connectivity index (χ0n) is 16.1. The van der Waals surface area contributed by atoms with E-state index in [-0.39, 0.29) is 17.9 Å². The number of carbonyl (C=O) groups is 2. The monoisotopic (exact) mass is 353 g/mol. The Morgan fingerprint density at radius 2 is 1.46 bits per heavy atom. The van der Waals surface area contributed by atoms with Gasteiger partial charge in [-0.2, -0.15) is 0 Å². The molecule has 0 fully saturated rings. The summed E-state index contributed by atoms with van der Waals surface area (Å²) in [5, 5.41) is 2.85. The number of para-hydroxylation sites is 1. The van der Waals surface area contributed by atoms with Crippen molar-refractivity contribution in [3.05, 3.63) is 65.7 Å². The lowest BCUT2D eigenvalue weighted by molar-refractivity contribution is -0.152. The van der Waals surface area contributed by atoms with Gasteiger partial charge in [0.25, 0.3) is 5.91 Å². The van der Waals surface area contributed by atoms with Gasteiger partial charge in [-0.3, -0.25) is 9.59 Å². The van der Waals surface area contributed by atoms with Crippen molar-refractivity contribution >= 4 is 17.6 Å². The third-order valence-electron chi connectivity index (χ3n) is 4.35. The minimum Gasteiger partial charge on any atom is -0.455 e. The maximum absolute atomic E-state index is 12.4. The fourth-order valence-corrected chi connectivity index (χ4v) is 2.72.